The van der Waals surface area contributed by atoms with E-state index in [4.69, 9.17) is 10.8 Å². The molecule has 1 aromatic carbocycles. The Morgan fingerprint density at radius 2 is 1.89 bits per heavy atom. The molecule has 0 amide bonds. The molecule has 0 bridgehead atoms. The number of aromatic nitrogens is 6. The molecule has 0 saturated heterocycles. The van der Waals surface area contributed by atoms with Crippen LogP contribution < -0.4 is 11.1 Å². The largest absolute Gasteiger partial charge is 0.384 e. The molecule has 0 spiro atoms. The van der Waals surface area contributed by atoms with Crippen LogP contribution in [0.25, 0.3) is 11.2 Å². The van der Waals surface area contributed by atoms with E-state index in [0.29, 0.717) is 23.4 Å². The van der Waals surface area contributed by atoms with E-state index in [1.807, 2.05) is 12.3 Å². The molecule has 2 aliphatic carbocycles. The fourth-order valence-corrected chi connectivity index (χ4v) is 6.03. The zero-order valence-corrected chi connectivity index (χ0v) is 20.8. The zero-order chi connectivity index (χ0) is 24.3. The monoisotopic (exact) mass is 484 g/mol. The Bertz CT molecular complexity index is 1270. The summed E-state index contributed by atoms with van der Waals surface area (Å²) in [5.41, 5.74) is 11.3. The fourth-order valence-electron chi connectivity index (χ4n) is 6.03. The van der Waals surface area contributed by atoms with E-state index in [2.05, 4.69) is 66.9 Å². The maximum atomic E-state index is 6.17. The molecule has 4 aromatic rings. The summed E-state index contributed by atoms with van der Waals surface area (Å²) in [6.07, 6.45) is 14.1. The smallest absolute Gasteiger partial charge is 0.203 e. The van der Waals surface area contributed by atoms with Gasteiger partial charge < -0.3 is 11.1 Å². The second-order valence-corrected chi connectivity index (χ2v) is 10.7. The number of nitrogens with two attached hydrogens (primary N) is 1. The Hall–Kier alpha value is -3.26. The standard InChI is InChI=1S/C28H36N8/c29-26-15-25(27-28(32-26)34-35-33-27)24(22-16-31-36(18-22)17-19-5-4-6-19)13-14-30-23-11-9-21(10-12-23)20-7-2-1-3-8-20/h1-3,7-8,15-16,18-19,21,23-24,30H,4-6,9-14,17H2,(H3,29,32,33,34,35). The first-order valence-corrected chi connectivity index (χ1v) is 13.5. The van der Waals surface area contributed by atoms with E-state index < -0.39 is 0 Å². The predicted molar refractivity (Wildman–Crippen MR) is 142 cm³/mol. The van der Waals surface area contributed by atoms with Crippen LogP contribution in [0.4, 0.5) is 5.82 Å². The van der Waals surface area contributed by atoms with Crippen molar-refractivity contribution in [3.63, 3.8) is 0 Å². The zero-order valence-electron chi connectivity index (χ0n) is 20.8. The summed E-state index contributed by atoms with van der Waals surface area (Å²) in [4.78, 5) is 4.36. The average Bonchev–Trinajstić information content (AvgIpc) is 3.54. The molecule has 6 rings (SSSR count). The van der Waals surface area contributed by atoms with Gasteiger partial charge in [0.2, 0.25) is 5.65 Å². The van der Waals surface area contributed by atoms with E-state index in [-0.39, 0.29) is 5.92 Å². The van der Waals surface area contributed by atoms with Gasteiger partial charge in [-0.1, -0.05) is 36.8 Å². The van der Waals surface area contributed by atoms with Gasteiger partial charge >= 0.3 is 0 Å². The summed E-state index contributed by atoms with van der Waals surface area (Å²) in [5.74, 6) is 2.07. The maximum absolute atomic E-state index is 6.17. The number of hydrogen-bond donors (Lipinski definition) is 3. The van der Waals surface area contributed by atoms with Gasteiger partial charge in [-0.05, 0) is 86.1 Å². The first kappa shape index (κ1) is 23.2. The summed E-state index contributed by atoms with van der Waals surface area (Å²) in [5, 5.41) is 19.9. The number of anilines is 1. The van der Waals surface area contributed by atoms with Gasteiger partial charge in [-0.25, -0.2) is 4.98 Å². The molecule has 4 N–H and O–H groups in total. The molecular formula is C28H36N8. The number of nitrogen functional groups attached to an aromatic ring is 1. The van der Waals surface area contributed by atoms with Crippen molar-refractivity contribution in [1.82, 2.24) is 35.5 Å². The van der Waals surface area contributed by atoms with Gasteiger partial charge in [0, 0.05) is 24.7 Å². The van der Waals surface area contributed by atoms with Crippen LogP contribution in [0.2, 0.25) is 0 Å². The van der Waals surface area contributed by atoms with E-state index in [0.717, 1.165) is 36.5 Å². The number of rotatable bonds is 9. The van der Waals surface area contributed by atoms with Crippen molar-refractivity contribution >= 4 is 17.0 Å². The Balaban J connectivity index is 1.14. The highest BCUT2D eigenvalue weighted by Crippen LogP contribution is 2.35. The lowest BCUT2D eigenvalue weighted by Gasteiger charge is -2.30. The van der Waals surface area contributed by atoms with Crippen molar-refractivity contribution in [3.05, 3.63) is 65.5 Å². The molecule has 36 heavy (non-hydrogen) atoms. The molecule has 0 radical (unpaired) electrons. The number of nitrogens with zero attached hydrogens (tertiary/aromatic N) is 5. The van der Waals surface area contributed by atoms with Crippen LogP contribution in [-0.4, -0.2) is 42.8 Å². The topological polar surface area (TPSA) is 110 Å². The van der Waals surface area contributed by atoms with Crippen molar-refractivity contribution < 1.29 is 0 Å². The Morgan fingerprint density at radius 1 is 1.06 bits per heavy atom. The van der Waals surface area contributed by atoms with E-state index >= 15 is 0 Å². The van der Waals surface area contributed by atoms with Gasteiger partial charge in [0.15, 0.2) is 0 Å². The van der Waals surface area contributed by atoms with Gasteiger partial charge in [-0.15, -0.1) is 5.10 Å². The summed E-state index contributed by atoms with van der Waals surface area (Å²) >= 11 is 0. The number of benzene rings is 1. The lowest BCUT2D eigenvalue weighted by Crippen LogP contribution is -2.34. The van der Waals surface area contributed by atoms with Gasteiger partial charge in [0.05, 0.1) is 6.20 Å². The highest BCUT2D eigenvalue weighted by atomic mass is 15.3. The van der Waals surface area contributed by atoms with Crippen LogP contribution in [-0.2, 0) is 6.54 Å². The number of H-pyrrole nitrogens is 1. The molecule has 3 aromatic heterocycles. The molecular weight excluding hydrogens is 448 g/mol. The lowest BCUT2D eigenvalue weighted by molar-refractivity contribution is 0.266. The predicted octanol–water partition coefficient (Wildman–Crippen LogP) is 4.77. The number of aromatic amines is 1. The van der Waals surface area contributed by atoms with Crippen molar-refractivity contribution in [2.75, 3.05) is 12.3 Å². The summed E-state index contributed by atoms with van der Waals surface area (Å²) in [6.45, 7) is 1.94. The second-order valence-electron chi connectivity index (χ2n) is 10.7. The minimum Gasteiger partial charge on any atom is -0.384 e. The molecule has 188 valence electrons. The third-order valence-corrected chi connectivity index (χ3v) is 8.31. The number of pyridine rings is 1. The van der Waals surface area contributed by atoms with Crippen molar-refractivity contribution in [3.8, 4) is 0 Å². The SMILES string of the molecule is Nc1cc(C(CCNC2CCC(c3ccccc3)CC2)c2cnn(CC3CCC3)c2)c2n[nH]nc2n1. The molecule has 8 heteroatoms. The third-order valence-electron chi connectivity index (χ3n) is 8.31. The van der Waals surface area contributed by atoms with E-state index in [9.17, 15) is 0 Å². The first-order chi connectivity index (χ1) is 17.7. The minimum absolute atomic E-state index is 0.131. The first-order valence-electron chi connectivity index (χ1n) is 13.5. The second kappa shape index (κ2) is 10.4. The van der Waals surface area contributed by atoms with Crippen LogP contribution in [0.3, 0.4) is 0 Å². The minimum atomic E-state index is 0.131. The maximum Gasteiger partial charge on any atom is 0.203 e. The third kappa shape index (κ3) is 5.00. The Morgan fingerprint density at radius 3 is 2.67 bits per heavy atom. The molecule has 1 atom stereocenters. The van der Waals surface area contributed by atoms with E-state index in [1.54, 1.807) is 0 Å². The molecule has 2 fully saturated rings. The molecule has 0 aliphatic heterocycles. The number of fused-ring (bicyclic) bond motifs is 1. The van der Waals surface area contributed by atoms with E-state index in [1.165, 1.54) is 56.1 Å². The summed E-state index contributed by atoms with van der Waals surface area (Å²) < 4.78 is 2.12. The lowest BCUT2D eigenvalue weighted by atomic mass is 9.81. The van der Waals surface area contributed by atoms with Crippen LogP contribution in [0.1, 0.15) is 79.9 Å². The fraction of sp³-hybridized carbons (Fsp3) is 0.500. The number of nitrogens with one attached hydrogen (secondary N) is 2. The Labute approximate surface area is 212 Å². The highest BCUT2D eigenvalue weighted by Gasteiger charge is 2.25. The van der Waals surface area contributed by atoms with Crippen LogP contribution in [0.15, 0.2) is 48.8 Å². The molecule has 2 saturated carbocycles. The van der Waals surface area contributed by atoms with Crippen LogP contribution in [0.5, 0.6) is 0 Å². The van der Waals surface area contributed by atoms with Crippen molar-refractivity contribution in [2.24, 2.45) is 5.92 Å². The normalized spacial score (nSPS) is 21.4. The van der Waals surface area contributed by atoms with Gasteiger partial charge in [0.1, 0.15) is 11.3 Å². The highest BCUT2D eigenvalue weighted by molar-refractivity contribution is 5.77. The number of hydrogen-bond acceptors (Lipinski definition) is 6. The molecule has 3 heterocycles. The van der Waals surface area contributed by atoms with Crippen molar-refractivity contribution in [1.29, 1.82) is 0 Å². The van der Waals surface area contributed by atoms with Crippen LogP contribution in [0, 0.1) is 5.92 Å². The quantitative estimate of drug-likeness (QED) is 0.316. The summed E-state index contributed by atoms with van der Waals surface area (Å²) in [6, 6.07) is 13.5. The van der Waals surface area contributed by atoms with Gasteiger partial charge in [0.25, 0.3) is 0 Å². The Kier molecular flexibility index (Phi) is 6.68. The van der Waals surface area contributed by atoms with Crippen molar-refractivity contribution in [2.45, 2.75) is 75.8 Å². The van der Waals surface area contributed by atoms with Crippen LogP contribution >= 0.6 is 0 Å². The molecule has 2 aliphatic rings. The average molecular weight is 485 g/mol. The summed E-state index contributed by atoms with van der Waals surface area (Å²) in [7, 11) is 0. The molecule has 8 nitrogen and oxygen atoms in total. The van der Waals surface area contributed by atoms with Gasteiger partial charge in [-0.2, -0.15) is 15.4 Å². The van der Waals surface area contributed by atoms with Gasteiger partial charge in [-0.3, -0.25) is 4.68 Å². The molecule has 1 unspecified atom stereocenters.